The first-order chi connectivity index (χ1) is 14.9. The van der Waals surface area contributed by atoms with Gasteiger partial charge in [-0.3, -0.25) is 4.57 Å². The summed E-state index contributed by atoms with van der Waals surface area (Å²) in [6.45, 7) is 0. The van der Waals surface area contributed by atoms with Gasteiger partial charge in [0.15, 0.2) is 0 Å². The van der Waals surface area contributed by atoms with Gasteiger partial charge in [0.2, 0.25) is 0 Å². The molecule has 0 amide bonds. The second kappa shape index (κ2) is 5.83. The molecule has 2 aromatic carbocycles. The van der Waals surface area contributed by atoms with Crippen molar-refractivity contribution in [3.05, 3.63) is 102 Å². The lowest BCUT2D eigenvalue weighted by molar-refractivity contribution is 0.948. The van der Waals surface area contributed by atoms with Crippen LogP contribution in [0.25, 0.3) is 45.5 Å². The van der Waals surface area contributed by atoms with Crippen LogP contribution < -0.4 is 0 Å². The number of nitrogens with zero attached hydrogens (tertiary/aromatic N) is 3. The van der Waals surface area contributed by atoms with Gasteiger partial charge in [0, 0.05) is 46.1 Å². The minimum absolute atomic E-state index is 0.953. The van der Waals surface area contributed by atoms with Crippen molar-refractivity contribution in [1.82, 2.24) is 14.1 Å². The van der Waals surface area contributed by atoms with Gasteiger partial charge in [-0.1, -0.05) is 60.7 Å². The molecule has 3 heteroatoms. The minimum atomic E-state index is 0.953. The molecule has 30 heavy (non-hydrogen) atoms. The highest BCUT2D eigenvalue weighted by molar-refractivity contribution is 5.95. The van der Waals surface area contributed by atoms with E-state index in [2.05, 4.69) is 94.1 Å². The van der Waals surface area contributed by atoms with Gasteiger partial charge in [-0.05, 0) is 24.3 Å². The number of benzene rings is 2. The van der Waals surface area contributed by atoms with E-state index in [1.54, 1.807) is 0 Å². The SMILES string of the molecule is C1=Cc2c(n(-c3ccc(-n4c5c(c6ccccc64)C=CC5)nc3)c3ccccc23)C1. The van der Waals surface area contributed by atoms with Gasteiger partial charge in [0.1, 0.15) is 5.82 Å². The fourth-order valence-electron chi connectivity index (χ4n) is 5.19. The van der Waals surface area contributed by atoms with Crippen molar-refractivity contribution < 1.29 is 0 Å². The Morgan fingerprint density at radius 1 is 0.633 bits per heavy atom. The molecule has 2 aliphatic rings. The van der Waals surface area contributed by atoms with Gasteiger partial charge in [-0.15, -0.1) is 0 Å². The Hall–Kier alpha value is -3.85. The molecule has 0 fully saturated rings. The summed E-state index contributed by atoms with van der Waals surface area (Å²) >= 11 is 0. The van der Waals surface area contributed by atoms with E-state index in [0.717, 1.165) is 24.3 Å². The lowest BCUT2D eigenvalue weighted by Crippen LogP contribution is -2.04. The van der Waals surface area contributed by atoms with Crippen LogP contribution in [0.2, 0.25) is 0 Å². The van der Waals surface area contributed by atoms with Crippen molar-refractivity contribution in [2.24, 2.45) is 0 Å². The van der Waals surface area contributed by atoms with E-state index in [9.17, 15) is 0 Å². The third kappa shape index (κ3) is 2.01. The summed E-state index contributed by atoms with van der Waals surface area (Å²) in [5.41, 5.74) is 8.94. The Morgan fingerprint density at radius 3 is 1.87 bits per heavy atom. The summed E-state index contributed by atoms with van der Waals surface area (Å²) in [5, 5.41) is 2.61. The number of pyridine rings is 1. The molecule has 0 radical (unpaired) electrons. The van der Waals surface area contributed by atoms with Crippen LogP contribution in [-0.4, -0.2) is 14.1 Å². The van der Waals surface area contributed by atoms with E-state index in [1.807, 2.05) is 6.20 Å². The summed E-state index contributed by atoms with van der Waals surface area (Å²) in [5.74, 6) is 0.978. The molecule has 2 aliphatic carbocycles. The molecule has 3 nitrogen and oxygen atoms in total. The van der Waals surface area contributed by atoms with E-state index in [-0.39, 0.29) is 0 Å². The van der Waals surface area contributed by atoms with Crippen molar-refractivity contribution in [1.29, 1.82) is 0 Å². The molecule has 0 saturated heterocycles. The van der Waals surface area contributed by atoms with Crippen molar-refractivity contribution in [2.45, 2.75) is 12.8 Å². The first-order valence-corrected chi connectivity index (χ1v) is 10.4. The third-order valence-corrected chi connectivity index (χ3v) is 6.44. The lowest BCUT2D eigenvalue weighted by atomic mass is 10.2. The molecule has 0 N–H and O–H groups in total. The number of aromatic nitrogens is 3. The Kier molecular flexibility index (Phi) is 3.11. The van der Waals surface area contributed by atoms with Crippen LogP contribution in [0.5, 0.6) is 0 Å². The number of para-hydroxylation sites is 2. The van der Waals surface area contributed by atoms with Crippen LogP contribution in [0.4, 0.5) is 0 Å². The summed E-state index contributed by atoms with van der Waals surface area (Å²) in [4.78, 5) is 4.93. The average Bonchev–Trinajstić information content (AvgIpc) is 3.55. The second-order valence-electron chi connectivity index (χ2n) is 8.01. The van der Waals surface area contributed by atoms with E-state index in [4.69, 9.17) is 4.98 Å². The predicted octanol–water partition coefficient (Wildman–Crippen LogP) is 6.11. The predicted molar refractivity (Wildman–Crippen MR) is 123 cm³/mol. The lowest BCUT2D eigenvalue weighted by Gasteiger charge is -2.12. The molecule has 0 aliphatic heterocycles. The van der Waals surface area contributed by atoms with Gasteiger partial charge in [-0.2, -0.15) is 0 Å². The molecular weight excluding hydrogens is 366 g/mol. The highest BCUT2D eigenvalue weighted by atomic mass is 15.1. The van der Waals surface area contributed by atoms with Crippen molar-refractivity contribution >= 4 is 34.0 Å². The highest BCUT2D eigenvalue weighted by Crippen LogP contribution is 2.36. The highest BCUT2D eigenvalue weighted by Gasteiger charge is 2.21. The summed E-state index contributed by atoms with van der Waals surface area (Å²) in [7, 11) is 0. The zero-order valence-electron chi connectivity index (χ0n) is 16.4. The maximum absolute atomic E-state index is 4.93. The van der Waals surface area contributed by atoms with Crippen LogP contribution >= 0.6 is 0 Å². The van der Waals surface area contributed by atoms with Crippen molar-refractivity contribution in [3.63, 3.8) is 0 Å². The molecule has 7 rings (SSSR count). The fraction of sp³-hybridized carbons (Fsp3) is 0.0741. The number of hydrogen-bond acceptors (Lipinski definition) is 1. The molecule has 5 aromatic rings. The van der Waals surface area contributed by atoms with E-state index < -0.39 is 0 Å². The molecular formula is C27H19N3. The van der Waals surface area contributed by atoms with Gasteiger partial charge in [-0.25, -0.2) is 4.98 Å². The monoisotopic (exact) mass is 385 g/mol. The Labute approximate surface area is 174 Å². The topological polar surface area (TPSA) is 22.8 Å². The number of hydrogen-bond donors (Lipinski definition) is 0. The molecule has 0 saturated carbocycles. The van der Waals surface area contributed by atoms with Gasteiger partial charge in [0.05, 0.1) is 22.9 Å². The second-order valence-corrected chi connectivity index (χ2v) is 8.01. The largest absolute Gasteiger partial charge is 0.311 e. The van der Waals surface area contributed by atoms with Crippen molar-refractivity contribution in [3.8, 4) is 11.5 Å². The van der Waals surface area contributed by atoms with Crippen LogP contribution in [0, 0.1) is 0 Å². The zero-order chi connectivity index (χ0) is 19.7. The van der Waals surface area contributed by atoms with Crippen LogP contribution in [0.3, 0.4) is 0 Å². The average molecular weight is 385 g/mol. The normalized spacial score (nSPS) is 14.1. The maximum Gasteiger partial charge on any atom is 0.137 e. The third-order valence-electron chi connectivity index (χ3n) is 6.44. The van der Waals surface area contributed by atoms with E-state index in [1.165, 1.54) is 44.3 Å². The number of allylic oxidation sites excluding steroid dienone is 2. The van der Waals surface area contributed by atoms with Gasteiger partial charge < -0.3 is 4.57 Å². The number of rotatable bonds is 2. The summed E-state index contributed by atoms with van der Waals surface area (Å²) in [6.07, 6.45) is 12.9. The molecule has 0 bridgehead atoms. The molecule has 0 spiro atoms. The standard InChI is InChI=1S/C27H19N3/c1-3-11-23-19(7-1)21-9-5-13-24(21)29(23)18-15-16-27(28-17-18)30-25-12-4-2-8-20(25)22-10-6-14-26(22)30/h1-12,15-17H,13-14H2. The van der Waals surface area contributed by atoms with Crippen LogP contribution in [0.15, 0.2) is 79.0 Å². The molecule has 3 aromatic heterocycles. The Bertz CT molecular complexity index is 1410. The zero-order valence-corrected chi connectivity index (χ0v) is 16.4. The maximum atomic E-state index is 4.93. The molecule has 3 heterocycles. The first kappa shape index (κ1) is 16.0. The van der Waals surface area contributed by atoms with Gasteiger partial charge >= 0.3 is 0 Å². The van der Waals surface area contributed by atoms with Gasteiger partial charge in [0.25, 0.3) is 0 Å². The smallest absolute Gasteiger partial charge is 0.137 e. The van der Waals surface area contributed by atoms with Crippen LogP contribution in [-0.2, 0) is 12.8 Å². The summed E-state index contributed by atoms with van der Waals surface area (Å²) in [6, 6.07) is 21.6. The Morgan fingerprint density at radius 2 is 1.23 bits per heavy atom. The molecule has 0 atom stereocenters. The summed E-state index contributed by atoms with van der Waals surface area (Å²) < 4.78 is 4.68. The van der Waals surface area contributed by atoms with Crippen LogP contribution in [0.1, 0.15) is 22.5 Å². The van der Waals surface area contributed by atoms with Crippen molar-refractivity contribution in [2.75, 3.05) is 0 Å². The quantitative estimate of drug-likeness (QED) is 0.360. The van der Waals surface area contributed by atoms with E-state index >= 15 is 0 Å². The molecule has 142 valence electrons. The van der Waals surface area contributed by atoms with E-state index in [0.29, 0.717) is 0 Å². The first-order valence-electron chi connectivity index (χ1n) is 10.4. The molecule has 0 unspecified atom stereocenters. The fourth-order valence-corrected chi connectivity index (χ4v) is 5.19. The minimum Gasteiger partial charge on any atom is -0.311 e. The Balaban J connectivity index is 1.41. The number of fused-ring (bicyclic) bond motifs is 6.